The second-order valence-electron chi connectivity index (χ2n) is 5.78. The molecular formula is C17H18N4O2. The van der Waals surface area contributed by atoms with Crippen molar-refractivity contribution in [1.82, 2.24) is 14.9 Å². The van der Waals surface area contributed by atoms with Crippen LogP contribution in [0.2, 0.25) is 0 Å². The molecule has 0 bridgehead atoms. The van der Waals surface area contributed by atoms with Gasteiger partial charge in [0.25, 0.3) is 5.91 Å². The standard InChI is InChI=1S/C17H18N4O2/c22-16(15-12-13-4-1-2-5-14(13)23-15)20-8-10-21(11-9-20)17-18-6-3-7-19-17/h1-7,15H,8-12H2. The number of nitrogens with zero attached hydrogens (tertiary/aromatic N) is 4. The third-order valence-electron chi connectivity index (χ3n) is 4.35. The third-order valence-corrected chi connectivity index (χ3v) is 4.35. The average Bonchev–Trinajstić information content (AvgIpc) is 3.06. The number of rotatable bonds is 2. The van der Waals surface area contributed by atoms with Crippen molar-refractivity contribution in [2.75, 3.05) is 31.1 Å². The summed E-state index contributed by atoms with van der Waals surface area (Å²) in [5.74, 6) is 1.64. The van der Waals surface area contributed by atoms with Gasteiger partial charge in [-0.1, -0.05) is 18.2 Å². The van der Waals surface area contributed by atoms with Crippen LogP contribution in [0.15, 0.2) is 42.7 Å². The van der Waals surface area contributed by atoms with Crippen molar-refractivity contribution in [2.45, 2.75) is 12.5 Å². The van der Waals surface area contributed by atoms with Gasteiger partial charge in [0.05, 0.1) is 0 Å². The van der Waals surface area contributed by atoms with Gasteiger partial charge in [0.2, 0.25) is 5.95 Å². The molecule has 3 heterocycles. The van der Waals surface area contributed by atoms with E-state index in [2.05, 4.69) is 14.9 Å². The average molecular weight is 310 g/mol. The van der Waals surface area contributed by atoms with Crippen LogP contribution in [0, 0.1) is 0 Å². The number of aromatic nitrogens is 2. The zero-order chi connectivity index (χ0) is 15.6. The lowest BCUT2D eigenvalue weighted by molar-refractivity contribution is -0.138. The minimum Gasteiger partial charge on any atom is -0.480 e. The molecule has 1 aromatic carbocycles. The lowest BCUT2D eigenvalue weighted by Crippen LogP contribution is -2.52. The van der Waals surface area contributed by atoms with Gasteiger partial charge in [-0.3, -0.25) is 4.79 Å². The molecule has 1 atom stereocenters. The van der Waals surface area contributed by atoms with Gasteiger partial charge in [0, 0.05) is 45.0 Å². The lowest BCUT2D eigenvalue weighted by Gasteiger charge is -2.35. The number of ether oxygens (including phenoxy) is 1. The topological polar surface area (TPSA) is 58.6 Å². The lowest BCUT2D eigenvalue weighted by atomic mass is 10.1. The molecule has 0 aliphatic carbocycles. The van der Waals surface area contributed by atoms with E-state index >= 15 is 0 Å². The Hall–Kier alpha value is -2.63. The molecule has 2 aliphatic rings. The van der Waals surface area contributed by atoms with Crippen LogP contribution in [0.5, 0.6) is 5.75 Å². The van der Waals surface area contributed by atoms with Gasteiger partial charge in [-0.05, 0) is 17.7 Å². The molecule has 2 aromatic rings. The smallest absolute Gasteiger partial charge is 0.264 e. The van der Waals surface area contributed by atoms with Crippen molar-refractivity contribution in [1.29, 1.82) is 0 Å². The Kier molecular flexibility index (Phi) is 3.57. The molecule has 1 aromatic heterocycles. The van der Waals surface area contributed by atoms with Crippen molar-refractivity contribution in [3.8, 4) is 5.75 Å². The minimum absolute atomic E-state index is 0.0785. The van der Waals surface area contributed by atoms with Crippen molar-refractivity contribution in [3.05, 3.63) is 48.3 Å². The molecule has 0 saturated carbocycles. The number of benzene rings is 1. The third kappa shape index (κ3) is 2.72. The molecule has 118 valence electrons. The van der Waals surface area contributed by atoms with Crippen LogP contribution in [0.3, 0.4) is 0 Å². The summed E-state index contributed by atoms with van der Waals surface area (Å²) in [5.41, 5.74) is 1.11. The molecule has 0 radical (unpaired) electrons. The molecule has 1 amide bonds. The van der Waals surface area contributed by atoms with Crippen molar-refractivity contribution in [2.24, 2.45) is 0 Å². The number of anilines is 1. The summed E-state index contributed by atoms with van der Waals surface area (Å²) < 4.78 is 5.80. The van der Waals surface area contributed by atoms with E-state index in [1.54, 1.807) is 18.5 Å². The SMILES string of the molecule is O=C(C1Cc2ccccc2O1)N1CCN(c2ncccn2)CC1. The van der Waals surface area contributed by atoms with Crippen LogP contribution >= 0.6 is 0 Å². The highest BCUT2D eigenvalue weighted by atomic mass is 16.5. The second-order valence-corrected chi connectivity index (χ2v) is 5.78. The van der Waals surface area contributed by atoms with E-state index in [-0.39, 0.29) is 12.0 Å². The van der Waals surface area contributed by atoms with Crippen molar-refractivity contribution in [3.63, 3.8) is 0 Å². The number of piperazine rings is 1. The number of hydrogen-bond acceptors (Lipinski definition) is 5. The number of fused-ring (bicyclic) bond motifs is 1. The number of carbonyl (C=O) groups excluding carboxylic acids is 1. The highest BCUT2D eigenvalue weighted by Gasteiger charge is 2.33. The summed E-state index contributed by atoms with van der Waals surface area (Å²) in [4.78, 5) is 25.2. The Morgan fingerprint density at radius 2 is 1.78 bits per heavy atom. The highest BCUT2D eigenvalue weighted by molar-refractivity contribution is 5.83. The maximum Gasteiger partial charge on any atom is 0.264 e. The van der Waals surface area contributed by atoms with Gasteiger partial charge in [0.15, 0.2) is 6.10 Å². The van der Waals surface area contributed by atoms with Crippen LogP contribution in [-0.4, -0.2) is 53.1 Å². The molecule has 2 aliphatic heterocycles. The second kappa shape index (κ2) is 5.87. The van der Waals surface area contributed by atoms with Crippen molar-refractivity contribution < 1.29 is 9.53 Å². The Balaban J connectivity index is 1.37. The van der Waals surface area contributed by atoms with Gasteiger partial charge >= 0.3 is 0 Å². The Morgan fingerprint density at radius 1 is 1.04 bits per heavy atom. The normalized spacial score (nSPS) is 20.1. The summed E-state index contributed by atoms with van der Waals surface area (Å²) in [6.07, 6.45) is 3.76. The molecule has 1 saturated heterocycles. The fraction of sp³-hybridized carbons (Fsp3) is 0.353. The summed E-state index contributed by atoms with van der Waals surface area (Å²) in [5, 5.41) is 0. The number of para-hydroxylation sites is 1. The van der Waals surface area contributed by atoms with Crippen LogP contribution in [0.25, 0.3) is 0 Å². The van der Waals surface area contributed by atoms with E-state index in [9.17, 15) is 4.79 Å². The molecule has 1 unspecified atom stereocenters. The first-order valence-electron chi connectivity index (χ1n) is 7.86. The number of hydrogen-bond donors (Lipinski definition) is 0. The maximum atomic E-state index is 12.7. The van der Waals surface area contributed by atoms with E-state index in [4.69, 9.17) is 4.74 Å². The summed E-state index contributed by atoms with van der Waals surface area (Å²) in [7, 11) is 0. The predicted molar refractivity (Wildman–Crippen MR) is 85.4 cm³/mol. The summed E-state index contributed by atoms with van der Waals surface area (Å²) in [6.45, 7) is 2.84. The summed E-state index contributed by atoms with van der Waals surface area (Å²) in [6, 6.07) is 9.66. The fourth-order valence-electron chi connectivity index (χ4n) is 3.10. The first-order valence-corrected chi connectivity index (χ1v) is 7.86. The first kappa shape index (κ1) is 14.0. The molecule has 4 rings (SSSR count). The summed E-state index contributed by atoms with van der Waals surface area (Å²) >= 11 is 0. The maximum absolute atomic E-state index is 12.7. The molecular weight excluding hydrogens is 292 g/mol. The zero-order valence-electron chi connectivity index (χ0n) is 12.8. The van der Waals surface area contributed by atoms with Gasteiger partial charge < -0.3 is 14.5 Å². The molecule has 6 nitrogen and oxygen atoms in total. The van der Waals surface area contributed by atoms with E-state index < -0.39 is 0 Å². The molecule has 6 heteroatoms. The fourth-order valence-corrected chi connectivity index (χ4v) is 3.10. The van der Waals surface area contributed by atoms with E-state index in [1.165, 1.54) is 0 Å². The van der Waals surface area contributed by atoms with Gasteiger partial charge in [0.1, 0.15) is 5.75 Å². The monoisotopic (exact) mass is 310 g/mol. The van der Waals surface area contributed by atoms with E-state index in [0.29, 0.717) is 19.5 Å². The molecule has 23 heavy (non-hydrogen) atoms. The Morgan fingerprint density at radius 3 is 2.52 bits per heavy atom. The molecule has 1 fully saturated rings. The Bertz CT molecular complexity index is 674. The van der Waals surface area contributed by atoms with Crippen LogP contribution in [0.1, 0.15) is 5.56 Å². The largest absolute Gasteiger partial charge is 0.480 e. The Labute approximate surface area is 134 Å². The van der Waals surface area contributed by atoms with Crippen LogP contribution in [0.4, 0.5) is 5.95 Å². The first-order chi connectivity index (χ1) is 11.3. The quantitative estimate of drug-likeness (QED) is 0.832. The predicted octanol–water partition coefficient (Wildman–Crippen LogP) is 1.13. The van der Waals surface area contributed by atoms with E-state index in [0.717, 1.165) is 30.4 Å². The zero-order valence-corrected chi connectivity index (χ0v) is 12.8. The minimum atomic E-state index is -0.382. The highest BCUT2D eigenvalue weighted by Crippen LogP contribution is 2.29. The van der Waals surface area contributed by atoms with Gasteiger partial charge in [-0.2, -0.15) is 0 Å². The van der Waals surface area contributed by atoms with Crippen molar-refractivity contribution >= 4 is 11.9 Å². The van der Waals surface area contributed by atoms with Gasteiger partial charge in [-0.15, -0.1) is 0 Å². The number of amides is 1. The molecule has 0 N–H and O–H groups in total. The van der Waals surface area contributed by atoms with E-state index in [1.807, 2.05) is 29.2 Å². The van der Waals surface area contributed by atoms with Crippen LogP contribution in [-0.2, 0) is 11.2 Å². The number of carbonyl (C=O) groups is 1. The molecule has 0 spiro atoms. The van der Waals surface area contributed by atoms with Crippen LogP contribution < -0.4 is 9.64 Å². The van der Waals surface area contributed by atoms with Gasteiger partial charge in [-0.25, -0.2) is 9.97 Å².